The van der Waals surface area contributed by atoms with E-state index in [0.717, 1.165) is 4.88 Å². The molecule has 0 spiro atoms. The van der Waals surface area contributed by atoms with Gasteiger partial charge in [0.25, 0.3) is 5.91 Å². The second kappa shape index (κ2) is 6.44. The fourth-order valence-corrected chi connectivity index (χ4v) is 3.38. The molecule has 7 heteroatoms. The van der Waals surface area contributed by atoms with Crippen molar-refractivity contribution in [2.75, 3.05) is 5.32 Å². The predicted molar refractivity (Wildman–Crippen MR) is 91.5 cm³/mol. The zero-order chi connectivity index (χ0) is 16.4. The molecule has 0 radical (unpaired) electrons. The van der Waals surface area contributed by atoms with E-state index in [9.17, 15) is 9.59 Å². The second-order valence-electron chi connectivity index (χ2n) is 5.02. The highest BCUT2D eigenvalue weighted by Crippen LogP contribution is 2.31. The standard InChI is InChI=1S/C16H14ClN3O2S/c1-9-13(15(21)19-11-6-3-2-5-10(11)17)14(20-16(22)18-9)12-7-4-8-23-12/h2-8,14H,1H3,(H,19,21)(H2,18,20,22)/t14-/m0/s1. The Bertz CT molecular complexity index is 786. The molecule has 1 aromatic carbocycles. The molecule has 3 N–H and O–H groups in total. The molecule has 2 heterocycles. The average Bonchev–Trinajstić information content (AvgIpc) is 3.03. The molecule has 0 fully saturated rings. The molecular weight excluding hydrogens is 334 g/mol. The number of thiophene rings is 1. The second-order valence-corrected chi connectivity index (χ2v) is 6.41. The fraction of sp³-hybridized carbons (Fsp3) is 0.125. The summed E-state index contributed by atoms with van der Waals surface area (Å²) in [6, 6.07) is 9.98. The smallest absolute Gasteiger partial charge is 0.319 e. The van der Waals surface area contributed by atoms with Crippen molar-refractivity contribution in [2.45, 2.75) is 13.0 Å². The summed E-state index contributed by atoms with van der Waals surface area (Å²) in [7, 11) is 0. The topological polar surface area (TPSA) is 70.2 Å². The minimum Gasteiger partial charge on any atom is -0.326 e. The van der Waals surface area contributed by atoms with Crippen LogP contribution in [0.5, 0.6) is 0 Å². The number of rotatable bonds is 3. The number of para-hydroxylation sites is 1. The van der Waals surface area contributed by atoms with Crippen LogP contribution in [0.3, 0.4) is 0 Å². The maximum Gasteiger partial charge on any atom is 0.319 e. The van der Waals surface area contributed by atoms with Crippen LogP contribution in [-0.2, 0) is 4.79 Å². The Balaban J connectivity index is 1.94. The molecule has 5 nitrogen and oxygen atoms in total. The summed E-state index contributed by atoms with van der Waals surface area (Å²) < 4.78 is 0. The molecule has 0 unspecified atom stereocenters. The van der Waals surface area contributed by atoms with Gasteiger partial charge in [-0.3, -0.25) is 4.79 Å². The summed E-state index contributed by atoms with van der Waals surface area (Å²) in [5, 5.41) is 10.6. The highest BCUT2D eigenvalue weighted by Gasteiger charge is 2.31. The van der Waals surface area contributed by atoms with E-state index in [-0.39, 0.29) is 11.9 Å². The van der Waals surface area contributed by atoms with Crippen LogP contribution >= 0.6 is 22.9 Å². The summed E-state index contributed by atoms with van der Waals surface area (Å²) in [4.78, 5) is 25.4. The van der Waals surface area contributed by atoms with Crippen LogP contribution < -0.4 is 16.0 Å². The van der Waals surface area contributed by atoms with E-state index in [1.54, 1.807) is 31.2 Å². The van der Waals surface area contributed by atoms with Crippen LogP contribution in [0.1, 0.15) is 17.8 Å². The zero-order valence-electron chi connectivity index (χ0n) is 12.2. The molecule has 0 saturated carbocycles. The summed E-state index contributed by atoms with van der Waals surface area (Å²) in [6.45, 7) is 1.71. The van der Waals surface area contributed by atoms with E-state index < -0.39 is 6.04 Å². The van der Waals surface area contributed by atoms with Crippen molar-refractivity contribution >= 4 is 40.6 Å². The van der Waals surface area contributed by atoms with Crippen LogP contribution in [0.15, 0.2) is 53.0 Å². The van der Waals surface area contributed by atoms with E-state index in [2.05, 4.69) is 16.0 Å². The molecule has 1 aliphatic rings. The van der Waals surface area contributed by atoms with Crippen molar-refractivity contribution in [3.63, 3.8) is 0 Å². The van der Waals surface area contributed by atoms with E-state index in [1.165, 1.54) is 11.3 Å². The number of allylic oxidation sites excluding steroid dienone is 1. The van der Waals surface area contributed by atoms with Crippen molar-refractivity contribution in [1.82, 2.24) is 10.6 Å². The van der Waals surface area contributed by atoms with E-state index in [0.29, 0.717) is 22.0 Å². The molecule has 23 heavy (non-hydrogen) atoms. The number of nitrogens with one attached hydrogen (secondary N) is 3. The largest absolute Gasteiger partial charge is 0.326 e. The first-order valence-corrected chi connectivity index (χ1v) is 8.19. The van der Waals surface area contributed by atoms with Gasteiger partial charge in [0.2, 0.25) is 0 Å². The van der Waals surface area contributed by atoms with Crippen molar-refractivity contribution in [3.8, 4) is 0 Å². The fourth-order valence-electron chi connectivity index (χ4n) is 2.42. The Kier molecular flexibility index (Phi) is 4.36. The first-order valence-electron chi connectivity index (χ1n) is 6.94. The number of hydrogen-bond donors (Lipinski definition) is 3. The van der Waals surface area contributed by atoms with Crippen LogP contribution in [0, 0.1) is 0 Å². The molecular formula is C16H14ClN3O2S. The molecule has 1 aromatic heterocycles. The third kappa shape index (κ3) is 3.23. The van der Waals surface area contributed by atoms with E-state index in [4.69, 9.17) is 11.6 Å². The Morgan fingerprint density at radius 2 is 2.04 bits per heavy atom. The summed E-state index contributed by atoms with van der Waals surface area (Å²) in [5.74, 6) is -0.304. The lowest BCUT2D eigenvalue weighted by molar-refractivity contribution is -0.113. The molecule has 118 valence electrons. The number of urea groups is 1. The molecule has 0 saturated heterocycles. The van der Waals surface area contributed by atoms with Crippen LogP contribution in [0.4, 0.5) is 10.5 Å². The Morgan fingerprint density at radius 3 is 2.74 bits per heavy atom. The summed E-state index contributed by atoms with van der Waals surface area (Å²) >= 11 is 7.57. The minimum atomic E-state index is -0.480. The van der Waals surface area contributed by atoms with Gasteiger partial charge in [0, 0.05) is 10.6 Å². The predicted octanol–water partition coefficient (Wildman–Crippen LogP) is 3.67. The maximum absolute atomic E-state index is 12.7. The normalized spacial score (nSPS) is 17.5. The third-order valence-electron chi connectivity index (χ3n) is 3.46. The number of amides is 3. The number of halogens is 1. The van der Waals surface area contributed by atoms with Gasteiger partial charge in [0.15, 0.2) is 0 Å². The van der Waals surface area contributed by atoms with Gasteiger partial charge in [-0.2, -0.15) is 0 Å². The highest BCUT2D eigenvalue weighted by atomic mass is 35.5. The van der Waals surface area contributed by atoms with Gasteiger partial charge >= 0.3 is 6.03 Å². The lowest BCUT2D eigenvalue weighted by Crippen LogP contribution is -2.45. The van der Waals surface area contributed by atoms with Gasteiger partial charge in [-0.25, -0.2) is 4.79 Å². The monoisotopic (exact) mass is 347 g/mol. The Hall–Kier alpha value is -2.31. The average molecular weight is 348 g/mol. The number of anilines is 1. The van der Waals surface area contributed by atoms with Gasteiger partial charge in [-0.1, -0.05) is 29.8 Å². The first kappa shape index (κ1) is 15.6. The molecule has 1 aliphatic heterocycles. The van der Waals surface area contributed by atoms with Gasteiger partial charge in [0.05, 0.1) is 22.3 Å². The van der Waals surface area contributed by atoms with E-state index >= 15 is 0 Å². The first-order chi connectivity index (χ1) is 11.1. The van der Waals surface area contributed by atoms with Crippen molar-refractivity contribution in [3.05, 3.63) is 62.9 Å². The lowest BCUT2D eigenvalue weighted by Gasteiger charge is -2.27. The summed E-state index contributed by atoms with van der Waals surface area (Å²) in [6.07, 6.45) is 0. The summed E-state index contributed by atoms with van der Waals surface area (Å²) in [5.41, 5.74) is 1.52. The molecule has 0 bridgehead atoms. The molecule has 3 rings (SSSR count). The lowest BCUT2D eigenvalue weighted by atomic mass is 10.0. The van der Waals surface area contributed by atoms with Crippen LogP contribution in [0.2, 0.25) is 5.02 Å². The SMILES string of the molecule is CC1=C(C(=O)Nc2ccccc2Cl)[C@H](c2cccs2)NC(=O)N1. The third-order valence-corrected chi connectivity index (χ3v) is 4.73. The molecule has 1 atom stereocenters. The van der Waals surface area contributed by atoms with Crippen LogP contribution in [-0.4, -0.2) is 11.9 Å². The van der Waals surface area contributed by atoms with Crippen LogP contribution in [0.25, 0.3) is 0 Å². The molecule has 2 aromatic rings. The highest BCUT2D eigenvalue weighted by molar-refractivity contribution is 7.10. The van der Waals surface area contributed by atoms with Gasteiger partial charge < -0.3 is 16.0 Å². The molecule has 3 amide bonds. The van der Waals surface area contributed by atoms with Crippen molar-refractivity contribution in [2.24, 2.45) is 0 Å². The van der Waals surface area contributed by atoms with Gasteiger partial charge in [-0.05, 0) is 30.5 Å². The zero-order valence-corrected chi connectivity index (χ0v) is 13.8. The van der Waals surface area contributed by atoms with Crippen molar-refractivity contribution in [1.29, 1.82) is 0 Å². The van der Waals surface area contributed by atoms with Gasteiger partial charge in [-0.15, -0.1) is 11.3 Å². The van der Waals surface area contributed by atoms with Gasteiger partial charge in [0.1, 0.15) is 0 Å². The number of carbonyl (C=O) groups is 2. The number of carbonyl (C=O) groups excluding carboxylic acids is 2. The maximum atomic E-state index is 12.7. The quantitative estimate of drug-likeness (QED) is 0.792. The Morgan fingerprint density at radius 1 is 1.26 bits per heavy atom. The van der Waals surface area contributed by atoms with E-state index in [1.807, 2.05) is 17.5 Å². The van der Waals surface area contributed by atoms with Crippen molar-refractivity contribution < 1.29 is 9.59 Å². The number of benzene rings is 1. The Labute approximate surface area is 142 Å². The minimum absolute atomic E-state index is 0.304. The molecule has 0 aliphatic carbocycles. The number of hydrogen-bond acceptors (Lipinski definition) is 3.